The van der Waals surface area contributed by atoms with Crippen LogP contribution < -0.4 is 20.5 Å². The molecular weight excluding hydrogens is 1050 g/mol. The summed E-state index contributed by atoms with van der Waals surface area (Å²) >= 11 is 1.06. The van der Waals surface area contributed by atoms with Gasteiger partial charge in [0.2, 0.25) is 17.7 Å². The Kier molecular flexibility index (Phi) is 25.8. The maximum absolute atomic E-state index is 14.4. The standard InChI is InChI=1S/C51H76N7O17PS/c1-9-32(4)46(55-48(64)39-12-10-11-18-56(39)7)50(65)57(8)40(31(2)3)29-42(74-34(6)59)49-54-38(30-77-49)47(63)52-36(26-33(5)51(66)67)27-35-13-14-41(75-76(68,69)70)37(28-35)53-43(60)17-20-71-22-24-73-25-23-72-21-19-58-44(61)15-16-45(58)62/h13-16,28,30-33,36,39-40,42,46H,9-12,17-27,29H2,1-8H3,(H,52,63)(H,53,60)(H,55,64)(H,66,67)(H2,68,69,70)/t32-,33?,36+,39?,40+,42+,46?/m0/s1. The Morgan fingerprint density at radius 1 is 0.922 bits per heavy atom. The number of esters is 1. The monoisotopic (exact) mass is 1120 g/mol. The van der Waals surface area contributed by atoms with E-state index in [1.54, 1.807) is 11.9 Å². The van der Waals surface area contributed by atoms with Crippen molar-refractivity contribution in [3.05, 3.63) is 52.0 Å². The number of imide groups is 1. The lowest BCUT2D eigenvalue weighted by Gasteiger charge is -2.38. The van der Waals surface area contributed by atoms with Crippen molar-refractivity contribution in [1.29, 1.82) is 0 Å². The molecule has 24 nitrogen and oxygen atoms in total. The van der Waals surface area contributed by atoms with Crippen molar-refractivity contribution in [2.75, 3.05) is 72.1 Å². The Hall–Kier alpha value is -5.66. The van der Waals surface area contributed by atoms with E-state index in [2.05, 4.69) is 20.9 Å². The molecule has 1 aromatic heterocycles. The van der Waals surface area contributed by atoms with E-state index in [1.165, 1.54) is 49.6 Å². The van der Waals surface area contributed by atoms with Gasteiger partial charge in [-0.25, -0.2) is 9.55 Å². The van der Waals surface area contributed by atoms with Crippen LogP contribution in [-0.2, 0) is 63.5 Å². The Morgan fingerprint density at radius 2 is 1.57 bits per heavy atom. The summed E-state index contributed by atoms with van der Waals surface area (Å²) in [4.78, 5) is 131. The minimum absolute atomic E-state index is 0.0230. The zero-order chi connectivity index (χ0) is 57.0. The smallest absolute Gasteiger partial charge is 0.481 e. The molecule has 77 heavy (non-hydrogen) atoms. The molecule has 1 aromatic carbocycles. The quantitative estimate of drug-likeness (QED) is 0.0256. The summed E-state index contributed by atoms with van der Waals surface area (Å²) < 4.78 is 38.9. The summed E-state index contributed by atoms with van der Waals surface area (Å²) in [5, 5.41) is 20.1. The highest BCUT2D eigenvalue weighted by Gasteiger charge is 2.38. The van der Waals surface area contributed by atoms with Gasteiger partial charge < -0.3 is 49.4 Å². The molecule has 1 fully saturated rings. The third-order valence-electron chi connectivity index (χ3n) is 13.2. The molecule has 2 aliphatic heterocycles. The molecule has 0 spiro atoms. The number of carbonyl (C=O) groups is 8. The molecule has 0 saturated carbocycles. The van der Waals surface area contributed by atoms with Crippen molar-refractivity contribution in [1.82, 2.24) is 30.3 Å². The zero-order valence-corrected chi connectivity index (χ0v) is 46.8. The molecule has 6 amide bonds. The fourth-order valence-electron chi connectivity index (χ4n) is 8.76. The first-order valence-corrected chi connectivity index (χ1v) is 28.2. The number of piperidine rings is 1. The van der Waals surface area contributed by atoms with Gasteiger partial charge in [-0.2, -0.15) is 0 Å². The van der Waals surface area contributed by atoms with Gasteiger partial charge in [-0.1, -0.05) is 53.5 Å². The second-order valence-electron chi connectivity index (χ2n) is 19.6. The van der Waals surface area contributed by atoms with Gasteiger partial charge in [0.15, 0.2) is 11.9 Å². The predicted octanol–water partition coefficient (Wildman–Crippen LogP) is 3.86. The number of hydrogen-bond donors (Lipinski definition) is 6. The number of likely N-dealkylation sites (tertiary alicyclic amines) is 1. The van der Waals surface area contributed by atoms with E-state index in [-0.39, 0.29) is 124 Å². The number of likely N-dealkylation sites (N-methyl/N-ethyl adjacent to an activating group) is 2. The number of phosphoric ester groups is 1. The van der Waals surface area contributed by atoms with Crippen molar-refractivity contribution in [3.63, 3.8) is 0 Å². The number of anilines is 1. The molecule has 3 heterocycles. The van der Waals surface area contributed by atoms with E-state index in [4.69, 9.17) is 23.5 Å². The number of nitrogens with one attached hydrogen (secondary N) is 3. The first-order valence-electron chi connectivity index (χ1n) is 25.8. The molecule has 0 radical (unpaired) electrons. The van der Waals surface area contributed by atoms with Crippen LogP contribution >= 0.6 is 19.2 Å². The molecule has 428 valence electrons. The number of phosphoric acid groups is 1. The Morgan fingerprint density at radius 3 is 2.17 bits per heavy atom. The Bertz CT molecular complexity index is 2420. The van der Waals surface area contributed by atoms with Crippen LogP contribution in [-0.4, -0.2) is 173 Å². The van der Waals surface area contributed by atoms with E-state index in [9.17, 15) is 57.8 Å². The number of hydrogen-bond acceptors (Lipinski definition) is 17. The van der Waals surface area contributed by atoms with Crippen molar-refractivity contribution in [3.8, 4) is 5.75 Å². The van der Waals surface area contributed by atoms with E-state index >= 15 is 0 Å². The minimum atomic E-state index is -5.11. The summed E-state index contributed by atoms with van der Waals surface area (Å²) in [7, 11) is -1.55. The van der Waals surface area contributed by atoms with E-state index in [0.29, 0.717) is 18.4 Å². The fraction of sp³-hybridized carbons (Fsp3) is 0.627. The van der Waals surface area contributed by atoms with Crippen LogP contribution in [0.15, 0.2) is 35.7 Å². The lowest BCUT2D eigenvalue weighted by molar-refractivity contribution is -0.149. The first kappa shape index (κ1) is 63.9. The molecule has 0 aliphatic carbocycles. The molecule has 4 rings (SSSR count). The average molecular weight is 1120 g/mol. The van der Waals surface area contributed by atoms with Crippen LogP contribution in [0.25, 0.3) is 0 Å². The number of nitrogens with zero attached hydrogens (tertiary/aromatic N) is 4. The third kappa shape index (κ3) is 20.9. The molecule has 3 unspecified atom stereocenters. The van der Waals surface area contributed by atoms with Crippen LogP contribution in [0.1, 0.15) is 114 Å². The van der Waals surface area contributed by atoms with Gasteiger partial charge in [0.05, 0.1) is 70.3 Å². The number of benzene rings is 1. The number of aromatic nitrogens is 1. The first-order chi connectivity index (χ1) is 36.4. The highest BCUT2D eigenvalue weighted by molar-refractivity contribution is 7.46. The predicted molar refractivity (Wildman–Crippen MR) is 281 cm³/mol. The second-order valence-corrected chi connectivity index (χ2v) is 21.6. The van der Waals surface area contributed by atoms with Crippen LogP contribution in [0.4, 0.5) is 5.69 Å². The van der Waals surface area contributed by atoms with Gasteiger partial charge in [-0.15, -0.1) is 11.3 Å². The normalized spacial score (nSPS) is 17.3. The van der Waals surface area contributed by atoms with E-state index in [0.717, 1.165) is 35.6 Å². The Balaban J connectivity index is 1.42. The molecular formula is C51H76N7O17PS. The van der Waals surface area contributed by atoms with E-state index < -0.39 is 73.5 Å². The van der Waals surface area contributed by atoms with Crippen LogP contribution in [0, 0.1) is 17.8 Å². The van der Waals surface area contributed by atoms with E-state index in [1.807, 2.05) is 39.6 Å². The maximum Gasteiger partial charge on any atom is 0.524 e. The molecule has 2 aliphatic rings. The summed E-state index contributed by atoms with van der Waals surface area (Å²) in [6.45, 7) is 12.1. The molecule has 6 N–H and O–H groups in total. The van der Waals surface area contributed by atoms with Gasteiger partial charge in [0.25, 0.3) is 17.7 Å². The second kappa shape index (κ2) is 31.1. The summed E-state index contributed by atoms with van der Waals surface area (Å²) in [5.74, 6) is -5.99. The molecule has 2 aromatic rings. The molecule has 26 heteroatoms. The van der Waals surface area contributed by atoms with Gasteiger partial charge in [-0.3, -0.25) is 57.9 Å². The molecule has 0 bridgehead atoms. The van der Waals surface area contributed by atoms with Gasteiger partial charge in [-0.05, 0) is 68.8 Å². The summed E-state index contributed by atoms with van der Waals surface area (Å²) in [5.41, 5.74) is 0.234. The van der Waals surface area contributed by atoms with Crippen molar-refractivity contribution < 1.29 is 81.3 Å². The van der Waals surface area contributed by atoms with Crippen LogP contribution in [0.3, 0.4) is 0 Å². The number of aliphatic carboxylic acids is 1. The zero-order valence-electron chi connectivity index (χ0n) is 45.1. The van der Waals surface area contributed by atoms with Crippen LogP contribution in [0.2, 0.25) is 0 Å². The van der Waals surface area contributed by atoms with Crippen molar-refractivity contribution in [2.45, 2.75) is 123 Å². The Labute approximate surface area is 453 Å². The lowest BCUT2D eigenvalue weighted by atomic mass is 9.92. The highest BCUT2D eigenvalue weighted by Crippen LogP contribution is 2.41. The summed E-state index contributed by atoms with van der Waals surface area (Å²) in [6, 6.07) is 1.51. The number of carboxylic acid groups (broad SMARTS) is 1. The number of rotatable bonds is 33. The number of amides is 6. The highest BCUT2D eigenvalue weighted by atomic mass is 32.1. The molecule has 1 saturated heterocycles. The topological polar surface area (TPSA) is 319 Å². The maximum atomic E-state index is 14.4. The lowest BCUT2D eigenvalue weighted by Crippen LogP contribution is -2.58. The summed E-state index contributed by atoms with van der Waals surface area (Å²) in [6.07, 6.45) is 4.45. The largest absolute Gasteiger partial charge is 0.524 e. The van der Waals surface area contributed by atoms with Gasteiger partial charge in [0, 0.05) is 50.0 Å². The molecule has 7 atom stereocenters. The average Bonchev–Trinajstić information content (AvgIpc) is 3.99. The van der Waals surface area contributed by atoms with Crippen LogP contribution in [0.5, 0.6) is 5.75 Å². The SMILES string of the molecule is CC[C@H](C)C(NC(=O)C1CCCCN1C)C(=O)N(C)[C@H](C[C@@H](OC(C)=O)c1nc(C(=O)N[C@@H](Cc2ccc(OP(=O)(O)O)c(NC(=O)CCOCCOCCOCCN3C(=O)C=CC3=O)c2)CC(C)C(=O)O)cs1)C(C)C. The van der Waals surface area contributed by atoms with Gasteiger partial charge >= 0.3 is 19.8 Å². The number of carboxylic acids is 1. The van der Waals surface area contributed by atoms with Crippen molar-refractivity contribution >= 4 is 72.2 Å². The van der Waals surface area contributed by atoms with Gasteiger partial charge in [0.1, 0.15) is 16.7 Å². The number of thiazole rings is 1. The number of carbonyl (C=O) groups excluding carboxylic acids is 7. The fourth-order valence-corrected chi connectivity index (χ4v) is 10.0. The number of ether oxygens (including phenoxy) is 4. The minimum Gasteiger partial charge on any atom is -0.481 e. The third-order valence-corrected chi connectivity index (χ3v) is 14.6. The van der Waals surface area contributed by atoms with Crippen molar-refractivity contribution in [2.24, 2.45) is 17.8 Å².